The van der Waals surface area contributed by atoms with E-state index in [1.807, 2.05) is 23.6 Å². The zero-order valence-electron chi connectivity index (χ0n) is 15.7. The summed E-state index contributed by atoms with van der Waals surface area (Å²) >= 11 is 7.31. The molecule has 0 N–H and O–H groups in total. The molecule has 0 spiro atoms. The van der Waals surface area contributed by atoms with E-state index in [2.05, 4.69) is 17.9 Å². The molecule has 1 aliphatic heterocycles. The van der Waals surface area contributed by atoms with Crippen molar-refractivity contribution < 1.29 is 12.8 Å². The molecule has 0 aliphatic carbocycles. The minimum absolute atomic E-state index is 0.00781. The Morgan fingerprint density at radius 1 is 1.10 bits per heavy atom. The maximum absolute atomic E-state index is 13.4. The van der Waals surface area contributed by atoms with Crippen molar-refractivity contribution in [3.8, 4) is 11.3 Å². The molecule has 0 radical (unpaired) electrons. The molecule has 0 atom stereocenters. The zero-order valence-corrected chi connectivity index (χ0v) is 18.1. The number of hydrogen-bond acceptors (Lipinski definition) is 5. The largest absolute Gasteiger partial charge is 0.345 e. The molecule has 2 aromatic carbocycles. The summed E-state index contributed by atoms with van der Waals surface area (Å²) in [6.07, 6.45) is 0. The van der Waals surface area contributed by atoms with Gasteiger partial charge in [-0.05, 0) is 30.7 Å². The van der Waals surface area contributed by atoms with Crippen LogP contribution >= 0.6 is 22.9 Å². The van der Waals surface area contributed by atoms with E-state index in [-0.39, 0.29) is 9.92 Å². The van der Waals surface area contributed by atoms with Crippen LogP contribution < -0.4 is 4.90 Å². The highest BCUT2D eigenvalue weighted by molar-refractivity contribution is 7.89. The van der Waals surface area contributed by atoms with E-state index in [0.29, 0.717) is 26.2 Å². The first-order chi connectivity index (χ1) is 13.9. The fourth-order valence-electron chi connectivity index (χ4n) is 3.30. The smallest absolute Gasteiger partial charge is 0.243 e. The minimum Gasteiger partial charge on any atom is -0.345 e. The molecule has 4 rings (SSSR count). The van der Waals surface area contributed by atoms with Gasteiger partial charge in [-0.2, -0.15) is 4.31 Å². The fourth-order valence-corrected chi connectivity index (χ4v) is 5.87. The Kier molecular flexibility index (Phi) is 5.61. The van der Waals surface area contributed by atoms with Gasteiger partial charge < -0.3 is 4.90 Å². The second kappa shape index (κ2) is 8.02. The Hall–Kier alpha value is -2.00. The molecule has 29 heavy (non-hydrogen) atoms. The van der Waals surface area contributed by atoms with Crippen molar-refractivity contribution in [2.75, 3.05) is 31.1 Å². The fraction of sp³-hybridized carbons (Fsp3) is 0.250. The second-order valence-electron chi connectivity index (χ2n) is 6.80. The van der Waals surface area contributed by atoms with Gasteiger partial charge in [0.05, 0.1) is 15.6 Å². The Morgan fingerprint density at radius 3 is 2.52 bits per heavy atom. The van der Waals surface area contributed by atoms with Crippen LogP contribution in [0, 0.1) is 12.7 Å². The molecule has 2 heterocycles. The monoisotopic (exact) mass is 451 g/mol. The summed E-state index contributed by atoms with van der Waals surface area (Å²) in [6.45, 7) is 3.79. The molecule has 1 aromatic heterocycles. The predicted molar refractivity (Wildman–Crippen MR) is 115 cm³/mol. The van der Waals surface area contributed by atoms with E-state index in [0.717, 1.165) is 28.5 Å². The number of rotatable bonds is 4. The van der Waals surface area contributed by atoms with Crippen molar-refractivity contribution in [1.82, 2.24) is 9.29 Å². The standard InChI is InChI=1S/C20H19ClFN3O2S2/c1-14-4-2-3-5-16(14)19-13-28-20(23-19)24-8-10-25(11-9-24)29(26,27)15-6-7-18(22)17(21)12-15/h2-7,12-13H,8-11H2,1H3. The highest BCUT2D eigenvalue weighted by atomic mass is 35.5. The van der Waals surface area contributed by atoms with Crippen molar-refractivity contribution >= 4 is 38.1 Å². The van der Waals surface area contributed by atoms with E-state index in [4.69, 9.17) is 16.6 Å². The predicted octanol–water partition coefficient (Wildman–Crippen LogP) is 4.42. The van der Waals surface area contributed by atoms with Gasteiger partial charge in [-0.25, -0.2) is 17.8 Å². The van der Waals surface area contributed by atoms with Crippen LogP contribution in [0.5, 0.6) is 0 Å². The van der Waals surface area contributed by atoms with Gasteiger partial charge in [-0.3, -0.25) is 0 Å². The minimum atomic E-state index is -3.71. The SMILES string of the molecule is Cc1ccccc1-c1csc(N2CCN(S(=O)(=O)c3ccc(F)c(Cl)c3)CC2)n1. The molecule has 0 amide bonds. The van der Waals surface area contributed by atoms with Gasteiger partial charge in [0, 0.05) is 37.1 Å². The lowest BCUT2D eigenvalue weighted by Gasteiger charge is -2.33. The summed E-state index contributed by atoms with van der Waals surface area (Å²) < 4.78 is 40.4. The summed E-state index contributed by atoms with van der Waals surface area (Å²) in [5, 5.41) is 2.71. The molecule has 5 nitrogen and oxygen atoms in total. The van der Waals surface area contributed by atoms with Gasteiger partial charge >= 0.3 is 0 Å². The number of piperazine rings is 1. The van der Waals surface area contributed by atoms with Crippen LogP contribution in [0.15, 0.2) is 52.7 Å². The second-order valence-corrected chi connectivity index (χ2v) is 9.98. The Labute approximate surface area is 178 Å². The van der Waals surface area contributed by atoms with Gasteiger partial charge in [0.25, 0.3) is 0 Å². The molecule has 152 valence electrons. The molecule has 3 aromatic rings. The molecule has 0 saturated carbocycles. The van der Waals surface area contributed by atoms with Gasteiger partial charge in [-0.1, -0.05) is 35.9 Å². The number of anilines is 1. The van der Waals surface area contributed by atoms with Crippen molar-refractivity contribution in [2.45, 2.75) is 11.8 Å². The van der Waals surface area contributed by atoms with Gasteiger partial charge in [0.1, 0.15) is 5.82 Å². The van der Waals surface area contributed by atoms with E-state index in [9.17, 15) is 12.8 Å². The summed E-state index contributed by atoms with van der Waals surface area (Å²) in [5.74, 6) is -0.635. The number of hydrogen-bond donors (Lipinski definition) is 0. The lowest BCUT2D eigenvalue weighted by atomic mass is 10.1. The molecule has 1 fully saturated rings. The van der Waals surface area contributed by atoms with Gasteiger partial charge in [0.15, 0.2) is 5.13 Å². The third-order valence-corrected chi connectivity index (χ3v) is 8.04. The number of aryl methyl sites for hydroxylation is 1. The number of nitrogens with zero attached hydrogens (tertiary/aromatic N) is 3. The van der Waals surface area contributed by atoms with E-state index < -0.39 is 15.8 Å². The number of aromatic nitrogens is 1. The van der Waals surface area contributed by atoms with Crippen LogP contribution in [-0.4, -0.2) is 43.9 Å². The van der Waals surface area contributed by atoms with E-state index >= 15 is 0 Å². The van der Waals surface area contributed by atoms with Crippen molar-refractivity contribution in [2.24, 2.45) is 0 Å². The normalized spacial score (nSPS) is 15.6. The Bertz CT molecular complexity index is 1140. The van der Waals surface area contributed by atoms with Crippen LogP contribution in [0.2, 0.25) is 5.02 Å². The van der Waals surface area contributed by atoms with Crippen molar-refractivity contribution in [3.05, 3.63) is 64.2 Å². The summed E-state index contributed by atoms with van der Waals surface area (Å²) in [6, 6.07) is 11.6. The third-order valence-electron chi connectivity index (χ3n) is 4.95. The highest BCUT2D eigenvalue weighted by Gasteiger charge is 2.30. The van der Waals surface area contributed by atoms with Crippen LogP contribution in [-0.2, 0) is 10.0 Å². The average molecular weight is 452 g/mol. The van der Waals surface area contributed by atoms with E-state index in [1.54, 1.807) is 11.3 Å². The lowest BCUT2D eigenvalue weighted by molar-refractivity contribution is 0.384. The molecule has 9 heteroatoms. The van der Waals surface area contributed by atoms with E-state index in [1.165, 1.54) is 15.9 Å². The molecule has 1 saturated heterocycles. The number of thiazole rings is 1. The molecule has 1 aliphatic rings. The van der Waals surface area contributed by atoms with Crippen LogP contribution in [0.4, 0.5) is 9.52 Å². The summed E-state index contributed by atoms with van der Waals surface area (Å²) in [4.78, 5) is 6.85. The van der Waals surface area contributed by atoms with Crippen molar-refractivity contribution in [3.63, 3.8) is 0 Å². The zero-order chi connectivity index (χ0) is 20.6. The lowest BCUT2D eigenvalue weighted by Crippen LogP contribution is -2.48. The summed E-state index contributed by atoms with van der Waals surface area (Å²) in [5.41, 5.74) is 3.20. The van der Waals surface area contributed by atoms with Crippen LogP contribution in [0.1, 0.15) is 5.56 Å². The first-order valence-electron chi connectivity index (χ1n) is 9.08. The van der Waals surface area contributed by atoms with Gasteiger partial charge in [0.2, 0.25) is 10.0 Å². The number of halogens is 2. The molecule has 0 unspecified atom stereocenters. The molecular weight excluding hydrogens is 433 g/mol. The highest BCUT2D eigenvalue weighted by Crippen LogP contribution is 2.30. The third kappa shape index (κ3) is 4.02. The van der Waals surface area contributed by atoms with Crippen LogP contribution in [0.25, 0.3) is 11.3 Å². The maximum atomic E-state index is 13.4. The number of benzene rings is 2. The van der Waals surface area contributed by atoms with Gasteiger partial charge in [-0.15, -0.1) is 11.3 Å². The Balaban J connectivity index is 1.47. The van der Waals surface area contributed by atoms with Crippen LogP contribution in [0.3, 0.4) is 0 Å². The average Bonchev–Trinajstić information content (AvgIpc) is 3.20. The Morgan fingerprint density at radius 2 is 1.83 bits per heavy atom. The molecular formula is C20H19ClFN3O2S2. The first-order valence-corrected chi connectivity index (χ1v) is 11.8. The summed E-state index contributed by atoms with van der Waals surface area (Å²) in [7, 11) is -3.71. The maximum Gasteiger partial charge on any atom is 0.243 e. The van der Waals surface area contributed by atoms with Crippen molar-refractivity contribution in [1.29, 1.82) is 0 Å². The topological polar surface area (TPSA) is 53.5 Å². The quantitative estimate of drug-likeness (QED) is 0.589. The number of sulfonamides is 1. The first kappa shape index (κ1) is 20.3. The molecule has 0 bridgehead atoms.